The smallest absolute Gasteiger partial charge is 0.341 e. The van der Waals surface area contributed by atoms with E-state index in [4.69, 9.17) is 14.9 Å². The summed E-state index contributed by atoms with van der Waals surface area (Å²) in [7, 11) is 0. The van der Waals surface area contributed by atoms with Gasteiger partial charge < -0.3 is 20.1 Å². The second-order valence-electron chi connectivity index (χ2n) is 4.51. The molecule has 0 radical (unpaired) electrons. The van der Waals surface area contributed by atoms with Gasteiger partial charge in [0.25, 0.3) is 0 Å². The van der Waals surface area contributed by atoms with Gasteiger partial charge in [-0.15, -0.1) is 11.8 Å². The van der Waals surface area contributed by atoms with Crippen molar-refractivity contribution in [2.24, 2.45) is 4.99 Å². The number of nitrogens with zero attached hydrogens (tertiary/aromatic N) is 2. The van der Waals surface area contributed by atoms with Crippen LogP contribution in [0.3, 0.4) is 0 Å². The summed E-state index contributed by atoms with van der Waals surface area (Å²) >= 11 is 1.18. The topological polar surface area (TPSA) is 129 Å². The number of ether oxygens (including phenoxy) is 1. The molecule has 1 aromatic rings. The number of carboxylic acids is 2. The van der Waals surface area contributed by atoms with Gasteiger partial charge in [0.15, 0.2) is 12.1 Å². The van der Waals surface area contributed by atoms with Crippen LogP contribution >= 0.6 is 11.8 Å². The average Bonchev–Trinajstić information content (AvgIpc) is 2.80. The number of pyridine rings is 1. The number of rotatable bonds is 5. The van der Waals surface area contributed by atoms with E-state index in [0.717, 1.165) is 0 Å². The van der Waals surface area contributed by atoms with Crippen LogP contribution in [0.4, 0.5) is 0 Å². The molecule has 2 heterocycles. The molecule has 0 aliphatic carbocycles. The molecule has 1 aromatic heterocycles. The zero-order chi connectivity index (χ0) is 15.6. The molecular formula is C12H12N2O6S. The molecule has 112 valence electrons. The van der Waals surface area contributed by atoms with E-state index in [2.05, 4.69) is 9.98 Å². The third kappa shape index (κ3) is 3.24. The lowest BCUT2D eigenvalue weighted by molar-refractivity contribution is -0.141. The lowest BCUT2D eigenvalue weighted by Gasteiger charge is -2.11. The molecule has 0 amide bonds. The second kappa shape index (κ2) is 5.60. The zero-order valence-electron chi connectivity index (χ0n) is 10.9. The largest absolute Gasteiger partial charge is 0.505 e. The van der Waals surface area contributed by atoms with E-state index in [1.54, 1.807) is 0 Å². The van der Waals surface area contributed by atoms with Gasteiger partial charge >= 0.3 is 11.9 Å². The summed E-state index contributed by atoms with van der Waals surface area (Å²) in [6.07, 6.45) is 1.25. The van der Waals surface area contributed by atoms with Crippen molar-refractivity contribution in [3.05, 3.63) is 18.0 Å². The van der Waals surface area contributed by atoms with Crippen LogP contribution in [0.25, 0.3) is 0 Å². The molecule has 1 aliphatic heterocycles. The molecule has 1 atom stereocenters. The summed E-state index contributed by atoms with van der Waals surface area (Å²) in [6, 6.07) is 1.21. The molecule has 8 nitrogen and oxygen atoms in total. The first-order valence-electron chi connectivity index (χ1n) is 5.82. The summed E-state index contributed by atoms with van der Waals surface area (Å²) in [5, 5.41) is 27.8. The number of hydrogen-bond donors (Lipinski definition) is 3. The fourth-order valence-corrected chi connectivity index (χ4v) is 2.72. The van der Waals surface area contributed by atoms with Crippen LogP contribution in [0, 0.1) is 0 Å². The third-order valence-corrected chi connectivity index (χ3v) is 3.97. The van der Waals surface area contributed by atoms with Crippen molar-refractivity contribution in [3.8, 4) is 11.5 Å². The van der Waals surface area contributed by atoms with E-state index in [0.29, 0.717) is 5.04 Å². The van der Waals surface area contributed by atoms with Crippen molar-refractivity contribution in [3.63, 3.8) is 0 Å². The van der Waals surface area contributed by atoms with Gasteiger partial charge in [-0.2, -0.15) is 0 Å². The Hall–Kier alpha value is -2.29. The van der Waals surface area contributed by atoms with Gasteiger partial charge in [0.1, 0.15) is 22.2 Å². The van der Waals surface area contributed by atoms with Crippen LogP contribution in [-0.4, -0.2) is 55.2 Å². The Balaban J connectivity index is 2.22. The summed E-state index contributed by atoms with van der Waals surface area (Å²) in [4.78, 5) is 29.5. The molecule has 0 saturated heterocycles. The molecule has 0 saturated carbocycles. The molecule has 0 unspecified atom stereocenters. The van der Waals surface area contributed by atoms with Gasteiger partial charge in [0.05, 0.1) is 6.20 Å². The standard InChI is InChI=1S/C12H12N2O6S/c1-12(11(18)19)5-21-10(14-12)9-7(15)2-6(3-13-9)20-4-8(16)17/h2-3,15H,4-5H2,1H3,(H,16,17)(H,18,19)/t12-/m1/s1. The molecule has 3 N–H and O–H groups in total. The molecule has 0 fully saturated rings. The summed E-state index contributed by atoms with van der Waals surface area (Å²) in [6.45, 7) is 0.934. The predicted octanol–water partition coefficient (Wildman–Crippen LogP) is 0.587. The minimum atomic E-state index is -1.24. The predicted molar refractivity (Wildman–Crippen MR) is 74.1 cm³/mol. The zero-order valence-corrected chi connectivity index (χ0v) is 11.8. The normalized spacial score (nSPS) is 20.9. The molecule has 21 heavy (non-hydrogen) atoms. The highest BCUT2D eigenvalue weighted by Crippen LogP contribution is 2.34. The Bertz CT molecular complexity index is 632. The van der Waals surface area contributed by atoms with Crippen LogP contribution < -0.4 is 4.74 Å². The first-order chi connectivity index (χ1) is 9.82. The number of carbonyl (C=O) groups is 2. The second-order valence-corrected chi connectivity index (χ2v) is 5.47. The highest BCUT2D eigenvalue weighted by molar-refractivity contribution is 8.14. The maximum atomic E-state index is 11.1. The Morgan fingerprint density at radius 3 is 2.71 bits per heavy atom. The number of aromatic nitrogens is 1. The van der Waals surface area contributed by atoms with Crippen LogP contribution in [0.2, 0.25) is 0 Å². The van der Waals surface area contributed by atoms with Crippen LogP contribution in [0.15, 0.2) is 17.3 Å². The van der Waals surface area contributed by atoms with E-state index in [1.807, 2.05) is 0 Å². The fourth-order valence-electron chi connectivity index (χ4n) is 1.55. The third-order valence-electron chi connectivity index (χ3n) is 2.71. The quantitative estimate of drug-likeness (QED) is 0.720. The first kappa shape index (κ1) is 15.1. The highest BCUT2D eigenvalue weighted by atomic mass is 32.2. The molecule has 1 aliphatic rings. The van der Waals surface area contributed by atoms with Crippen LogP contribution in [0.5, 0.6) is 11.5 Å². The fraction of sp³-hybridized carbons (Fsp3) is 0.333. The van der Waals surface area contributed by atoms with Gasteiger partial charge in [0.2, 0.25) is 0 Å². The Morgan fingerprint density at radius 2 is 2.19 bits per heavy atom. The number of hydrogen-bond acceptors (Lipinski definition) is 7. The number of carboxylic acid groups (broad SMARTS) is 2. The monoisotopic (exact) mass is 312 g/mol. The summed E-state index contributed by atoms with van der Waals surface area (Å²) < 4.78 is 4.88. The van der Waals surface area contributed by atoms with Crippen molar-refractivity contribution in [2.75, 3.05) is 12.4 Å². The molecular weight excluding hydrogens is 300 g/mol. The first-order valence-corrected chi connectivity index (χ1v) is 6.80. The van der Waals surface area contributed by atoms with Gasteiger partial charge in [0, 0.05) is 11.8 Å². The van der Waals surface area contributed by atoms with Crippen molar-refractivity contribution >= 4 is 28.7 Å². The van der Waals surface area contributed by atoms with Crippen LogP contribution in [-0.2, 0) is 9.59 Å². The molecule has 0 aromatic carbocycles. The van der Waals surface area contributed by atoms with Crippen molar-refractivity contribution in [1.29, 1.82) is 0 Å². The Labute approximate surface area is 123 Å². The summed E-state index contributed by atoms with van der Waals surface area (Å²) in [5.74, 6) is -2.10. The molecule has 2 rings (SSSR count). The Morgan fingerprint density at radius 1 is 1.48 bits per heavy atom. The minimum Gasteiger partial charge on any atom is -0.505 e. The van der Waals surface area contributed by atoms with E-state index in [-0.39, 0.29) is 22.9 Å². The van der Waals surface area contributed by atoms with Crippen molar-refractivity contribution in [1.82, 2.24) is 4.98 Å². The van der Waals surface area contributed by atoms with Gasteiger partial charge in [-0.1, -0.05) is 0 Å². The van der Waals surface area contributed by atoms with E-state index < -0.39 is 24.1 Å². The highest BCUT2D eigenvalue weighted by Gasteiger charge is 2.39. The van der Waals surface area contributed by atoms with Crippen LogP contribution in [0.1, 0.15) is 12.6 Å². The maximum absolute atomic E-state index is 11.1. The van der Waals surface area contributed by atoms with Crippen molar-refractivity contribution < 1.29 is 29.6 Å². The van der Waals surface area contributed by atoms with Crippen molar-refractivity contribution in [2.45, 2.75) is 12.5 Å². The molecule has 9 heteroatoms. The summed E-state index contributed by atoms with van der Waals surface area (Å²) in [5.41, 5.74) is -1.10. The maximum Gasteiger partial charge on any atom is 0.341 e. The molecule has 0 bridgehead atoms. The SMILES string of the molecule is C[C@]1(C(=O)O)CSC(c2ncc(OCC(=O)O)cc2O)=N1. The Kier molecular flexibility index (Phi) is 4.03. The minimum absolute atomic E-state index is 0.100. The van der Waals surface area contributed by atoms with E-state index >= 15 is 0 Å². The molecule has 0 spiro atoms. The number of aliphatic imine (C=N–C) groups is 1. The van der Waals surface area contributed by atoms with Gasteiger partial charge in [-0.25, -0.2) is 14.6 Å². The van der Waals surface area contributed by atoms with E-state index in [1.165, 1.54) is 30.9 Å². The van der Waals surface area contributed by atoms with Gasteiger partial charge in [-0.3, -0.25) is 4.99 Å². The lowest BCUT2D eigenvalue weighted by Crippen LogP contribution is -2.33. The number of aliphatic carboxylic acids is 2. The number of aromatic hydroxyl groups is 1. The van der Waals surface area contributed by atoms with Gasteiger partial charge in [-0.05, 0) is 6.92 Å². The lowest BCUT2D eigenvalue weighted by atomic mass is 10.1. The average molecular weight is 312 g/mol. The number of thioether (sulfide) groups is 1. The van der Waals surface area contributed by atoms with E-state index in [9.17, 15) is 14.7 Å².